The Morgan fingerprint density at radius 1 is 1.35 bits per heavy atom. The van der Waals surface area contributed by atoms with Crippen LogP contribution in [0.3, 0.4) is 0 Å². The highest BCUT2D eigenvalue weighted by molar-refractivity contribution is 5.94. The minimum absolute atomic E-state index is 0.0111. The van der Waals surface area contributed by atoms with Crippen molar-refractivity contribution in [2.24, 2.45) is 0 Å². The number of amides is 1. The molecule has 20 heavy (non-hydrogen) atoms. The molecule has 1 aromatic rings. The van der Waals surface area contributed by atoms with E-state index in [1.807, 2.05) is 0 Å². The molecule has 1 aliphatic rings. The zero-order chi connectivity index (χ0) is 14.4. The average Bonchev–Trinajstić information content (AvgIpc) is 3.22. The normalized spacial score (nSPS) is 14.3. The van der Waals surface area contributed by atoms with Gasteiger partial charge in [0.05, 0.1) is 0 Å². The molecule has 0 unspecified atom stereocenters. The third-order valence-corrected chi connectivity index (χ3v) is 2.97. The molecule has 0 atom stereocenters. The van der Waals surface area contributed by atoms with E-state index in [0.29, 0.717) is 18.2 Å². The van der Waals surface area contributed by atoms with Gasteiger partial charge in [-0.1, -0.05) is 6.07 Å². The molecular weight excluding hydrogens is 266 g/mol. The van der Waals surface area contributed by atoms with Crippen molar-refractivity contribution in [3.05, 3.63) is 29.8 Å². The second kappa shape index (κ2) is 7.19. The summed E-state index contributed by atoms with van der Waals surface area (Å²) in [5.74, 6) is -0.292. The molecule has 6 heteroatoms. The molecule has 0 spiro atoms. The van der Waals surface area contributed by atoms with Crippen LogP contribution in [-0.2, 0) is 0 Å². The molecule has 110 valence electrons. The lowest BCUT2D eigenvalue weighted by molar-refractivity contribution is -0.0498. The molecule has 1 aromatic carbocycles. The van der Waals surface area contributed by atoms with Crippen LogP contribution in [0.5, 0.6) is 5.75 Å². The van der Waals surface area contributed by atoms with E-state index >= 15 is 0 Å². The Labute approximate surface area is 116 Å². The maximum absolute atomic E-state index is 12.1. The van der Waals surface area contributed by atoms with Crippen LogP contribution in [0.15, 0.2) is 24.3 Å². The zero-order valence-corrected chi connectivity index (χ0v) is 11.1. The number of benzene rings is 1. The Bertz CT molecular complexity index is 451. The summed E-state index contributed by atoms with van der Waals surface area (Å²) >= 11 is 0. The molecule has 1 aliphatic carbocycles. The lowest BCUT2D eigenvalue weighted by atomic mass is 10.2. The molecule has 0 heterocycles. The van der Waals surface area contributed by atoms with Gasteiger partial charge in [0.25, 0.3) is 5.91 Å². The molecule has 2 rings (SSSR count). The van der Waals surface area contributed by atoms with Gasteiger partial charge >= 0.3 is 6.61 Å². The van der Waals surface area contributed by atoms with Gasteiger partial charge in [-0.25, -0.2) is 0 Å². The standard InChI is InChI=1S/C14H18F2N2O2/c15-14(16)20-12-4-1-3-10(9-12)13(19)18-8-2-7-17-11-5-6-11/h1,3-4,9,11,14,17H,2,5-8H2,(H,18,19). The average molecular weight is 284 g/mol. The van der Waals surface area contributed by atoms with Crippen LogP contribution in [0.2, 0.25) is 0 Å². The van der Waals surface area contributed by atoms with Gasteiger partial charge in [-0.3, -0.25) is 4.79 Å². The quantitative estimate of drug-likeness (QED) is 0.719. The summed E-state index contributed by atoms with van der Waals surface area (Å²) in [6, 6.07) is 6.44. The summed E-state index contributed by atoms with van der Waals surface area (Å²) in [6.07, 6.45) is 3.32. The van der Waals surface area contributed by atoms with Crippen LogP contribution >= 0.6 is 0 Å². The van der Waals surface area contributed by atoms with Crippen molar-refractivity contribution in [3.8, 4) is 5.75 Å². The first-order valence-electron chi connectivity index (χ1n) is 6.71. The number of ether oxygens (including phenoxy) is 1. The summed E-state index contributed by atoms with van der Waals surface area (Å²) in [5.41, 5.74) is 0.318. The van der Waals surface area contributed by atoms with Crippen LogP contribution < -0.4 is 15.4 Å². The van der Waals surface area contributed by atoms with E-state index in [0.717, 1.165) is 13.0 Å². The number of alkyl halides is 2. The minimum atomic E-state index is -2.89. The van der Waals surface area contributed by atoms with Gasteiger partial charge in [-0.15, -0.1) is 0 Å². The van der Waals surface area contributed by atoms with Crippen molar-refractivity contribution in [2.45, 2.75) is 31.9 Å². The monoisotopic (exact) mass is 284 g/mol. The van der Waals surface area contributed by atoms with Gasteiger partial charge < -0.3 is 15.4 Å². The Morgan fingerprint density at radius 2 is 2.15 bits per heavy atom. The maximum Gasteiger partial charge on any atom is 0.387 e. The number of nitrogens with one attached hydrogen (secondary N) is 2. The van der Waals surface area contributed by atoms with E-state index in [1.54, 1.807) is 6.07 Å². The first-order chi connectivity index (χ1) is 9.65. The first-order valence-corrected chi connectivity index (χ1v) is 6.71. The van der Waals surface area contributed by atoms with Crippen LogP contribution in [0, 0.1) is 0 Å². The highest BCUT2D eigenvalue weighted by Gasteiger charge is 2.19. The predicted molar refractivity (Wildman–Crippen MR) is 71.0 cm³/mol. The predicted octanol–water partition coefficient (Wildman–Crippen LogP) is 2.16. The highest BCUT2D eigenvalue weighted by Crippen LogP contribution is 2.18. The molecule has 1 saturated carbocycles. The first kappa shape index (κ1) is 14.7. The van der Waals surface area contributed by atoms with E-state index in [2.05, 4.69) is 15.4 Å². The van der Waals surface area contributed by atoms with Crippen molar-refractivity contribution in [2.75, 3.05) is 13.1 Å². The molecular formula is C14H18F2N2O2. The summed E-state index contributed by atoms with van der Waals surface area (Å²) in [4.78, 5) is 11.8. The number of hydrogen-bond acceptors (Lipinski definition) is 3. The van der Waals surface area contributed by atoms with Gasteiger partial charge in [-0.2, -0.15) is 8.78 Å². The Morgan fingerprint density at radius 3 is 2.85 bits per heavy atom. The van der Waals surface area contributed by atoms with Gasteiger partial charge in [-0.05, 0) is 44.0 Å². The fourth-order valence-electron chi connectivity index (χ4n) is 1.80. The van der Waals surface area contributed by atoms with E-state index in [9.17, 15) is 13.6 Å². The highest BCUT2D eigenvalue weighted by atomic mass is 19.3. The van der Waals surface area contributed by atoms with Crippen LogP contribution in [0.4, 0.5) is 8.78 Å². The Kier molecular flexibility index (Phi) is 5.29. The topological polar surface area (TPSA) is 50.4 Å². The van der Waals surface area contributed by atoms with E-state index in [-0.39, 0.29) is 11.7 Å². The Hall–Kier alpha value is -1.69. The molecule has 0 aliphatic heterocycles. The second-order valence-electron chi connectivity index (χ2n) is 4.74. The minimum Gasteiger partial charge on any atom is -0.435 e. The molecule has 1 amide bonds. The number of halogens is 2. The van der Waals surface area contributed by atoms with Crippen molar-refractivity contribution in [3.63, 3.8) is 0 Å². The lowest BCUT2D eigenvalue weighted by Crippen LogP contribution is -2.27. The fourth-order valence-corrected chi connectivity index (χ4v) is 1.80. The number of carbonyl (C=O) groups excluding carboxylic acids is 1. The molecule has 0 aromatic heterocycles. The van der Waals surface area contributed by atoms with Crippen LogP contribution in [0.25, 0.3) is 0 Å². The molecule has 2 N–H and O–H groups in total. The van der Waals surface area contributed by atoms with E-state index in [1.165, 1.54) is 31.0 Å². The maximum atomic E-state index is 12.1. The summed E-state index contributed by atoms with van der Waals surface area (Å²) in [7, 11) is 0. The molecule has 0 bridgehead atoms. The molecule has 0 saturated heterocycles. The Balaban J connectivity index is 1.72. The van der Waals surface area contributed by atoms with Gasteiger partial charge in [0, 0.05) is 18.2 Å². The van der Waals surface area contributed by atoms with Gasteiger partial charge in [0.1, 0.15) is 5.75 Å². The molecule has 1 fully saturated rings. The number of rotatable bonds is 8. The van der Waals surface area contributed by atoms with Crippen molar-refractivity contribution >= 4 is 5.91 Å². The molecule has 0 radical (unpaired) electrons. The van der Waals surface area contributed by atoms with Crippen LogP contribution in [0.1, 0.15) is 29.6 Å². The van der Waals surface area contributed by atoms with Gasteiger partial charge in [0.2, 0.25) is 0 Å². The SMILES string of the molecule is O=C(NCCCNC1CC1)c1cccc(OC(F)F)c1. The smallest absolute Gasteiger partial charge is 0.387 e. The zero-order valence-electron chi connectivity index (χ0n) is 11.1. The lowest BCUT2D eigenvalue weighted by Gasteiger charge is -2.08. The summed E-state index contributed by atoms with van der Waals surface area (Å²) < 4.78 is 28.4. The van der Waals surface area contributed by atoms with E-state index in [4.69, 9.17) is 0 Å². The summed E-state index contributed by atoms with van der Waals surface area (Å²) in [6.45, 7) is -1.46. The number of carbonyl (C=O) groups is 1. The van der Waals surface area contributed by atoms with Crippen molar-refractivity contribution < 1.29 is 18.3 Å². The summed E-state index contributed by atoms with van der Waals surface area (Å²) in [5, 5.41) is 6.10. The third-order valence-electron chi connectivity index (χ3n) is 2.97. The third kappa shape index (κ3) is 5.13. The van der Waals surface area contributed by atoms with Crippen LogP contribution in [-0.4, -0.2) is 31.7 Å². The molecule has 4 nitrogen and oxygen atoms in total. The second-order valence-corrected chi connectivity index (χ2v) is 4.74. The fraction of sp³-hybridized carbons (Fsp3) is 0.500. The van der Waals surface area contributed by atoms with Crippen molar-refractivity contribution in [1.82, 2.24) is 10.6 Å². The van der Waals surface area contributed by atoms with Gasteiger partial charge in [0.15, 0.2) is 0 Å². The van der Waals surface area contributed by atoms with Crippen molar-refractivity contribution in [1.29, 1.82) is 0 Å². The number of hydrogen-bond donors (Lipinski definition) is 2. The van der Waals surface area contributed by atoms with E-state index < -0.39 is 6.61 Å². The largest absolute Gasteiger partial charge is 0.435 e.